The second kappa shape index (κ2) is 3.17. The van der Waals surface area contributed by atoms with E-state index in [1.54, 1.807) is 6.07 Å². The van der Waals surface area contributed by atoms with Gasteiger partial charge in [0.15, 0.2) is 5.78 Å². The molecule has 0 heterocycles. The van der Waals surface area contributed by atoms with Crippen LogP contribution in [0.4, 0.5) is 4.39 Å². The van der Waals surface area contributed by atoms with Crippen LogP contribution >= 0.6 is 31.9 Å². The minimum atomic E-state index is -0.306. The lowest BCUT2D eigenvalue weighted by atomic mass is 10.1. The Kier molecular flexibility index (Phi) is 2.28. The molecule has 1 aliphatic carbocycles. The molecule has 0 unspecified atom stereocenters. The predicted octanol–water partition coefficient (Wildman–Crippen LogP) is 3.09. The molecule has 13 heavy (non-hydrogen) atoms. The van der Waals surface area contributed by atoms with Gasteiger partial charge < -0.3 is 0 Å². The smallest absolute Gasteiger partial charge is 0.177 e. The average molecular weight is 308 g/mol. The Morgan fingerprint density at radius 1 is 1.46 bits per heavy atom. The summed E-state index contributed by atoms with van der Waals surface area (Å²) < 4.78 is 13.9. The summed E-state index contributed by atoms with van der Waals surface area (Å²) in [4.78, 5) is 11.2. The zero-order valence-electron chi connectivity index (χ0n) is 6.48. The van der Waals surface area contributed by atoms with Gasteiger partial charge in [-0.2, -0.15) is 0 Å². The molecule has 0 amide bonds. The van der Waals surface area contributed by atoms with Crippen LogP contribution in [0.1, 0.15) is 15.9 Å². The highest BCUT2D eigenvalue weighted by atomic mass is 79.9. The van der Waals surface area contributed by atoms with Crippen LogP contribution in [0.5, 0.6) is 0 Å². The van der Waals surface area contributed by atoms with E-state index in [1.807, 2.05) is 0 Å². The first-order valence-corrected chi connectivity index (χ1v) is 5.46. The number of carbonyl (C=O) groups is 1. The van der Waals surface area contributed by atoms with E-state index in [2.05, 4.69) is 31.9 Å². The number of rotatable bonds is 0. The number of hydrogen-bond donors (Lipinski definition) is 0. The normalized spacial score (nSPS) is 20.5. The molecule has 0 radical (unpaired) electrons. The van der Waals surface area contributed by atoms with Crippen molar-refractivity contribution < 1.29 is 9.18 Å². The van der Waals surface area contributed by atoms with Crippen molar-refractivity contribution >= 4 is 37.6 Å². The fourth-order valence-corrected chi connectivity index (χ4v) is 2.47. The van der Waals surface area contributed by atoms with E-state index in [-0.39, 0.29) is 16.4 Å². The van der Waals surface area contributed by atoms with Gasteiger partial charge in [0.2, 0.25) is 0 Å². The summed E-state index contributed by atoms with van der Waals surface area (Å²) in [5.74, 6) is -0.338. The maximum absolute atomic E-state index is 13.3. The van der Waals surface area contributed by atoms with Gasteiger partial charge in [-0.3, -0.25) is 4.79 Å². The number of Topliss-reactive ketones (excluding diaryl/α,β-unsaturated/α-hetero) is 1. The first-order chi connectivity index (χ1) is 6.09. The predicted molar refractivity (Wildman–Crippen MR) is 54.8 cm³/mol. The van der Waals surface area contributed by atoms with Crippen molar-refractivity contribution in [2.75, 3.05) is 0 Å². The van der Waals surface area contributed by atoms with Crippen molar-refractivity contribution in [3.63, 3.8) is 0 Å². The van der Waals surface area contributed by atoms with Crippen LogP contribution in [-0.2, 0) is 6.42 Å². The van der Waals surface area contributed by atoms with Crippen molar-refractivity contribution in [3.8, 4) is 0 Å². The summed E-state index contributed by atoms with van der Waals surface area (Å²) >= 11 is 6.37. The highest BCUT2D eigenvalue weighted by molar-refractivity contribution is 9.10. The molecule has 0 saturated carbocycles. The summed E-state index contributed by atoms with van der Waals surface area (Å²) in [6.07, 6.45) is 0.452. The van der Waals surface area contributed by atoms with Gasteiger partial charge >= 0.3 is 0 Å². The second-order valence-electron chi connectivity index (χ2n) is 2.95. The SMILES string of the molecule is O=C1c2cc(Br)cc(F)c2C[C@H]1Br. The van der Waals surface area contributed by atoms with Crippen molar-refractivity contribution in [1.29, 1.82) is 0 Å². The Hall–Kier alpha value is -0.220. The lowest BCUT2D eigenvalue weighted by Gasteiger charge is -1.99. The van der Waals surface area contributed by atoms with E-state index in [0.717, 1.165) is 0 Å². The number of alkyl halides is 1. The summed E-state index contributed by atoms with van der Waals surface area (Å²) in [6, 6.07) is 3.05. The second-order valence-corrected chi connectivity index (χ2v) is 4.97. The van der Waals surface area contributed by atoms with E-state index >= 15 is 0 Å². The molecule has 1 atom stereocenters. The third-order valence-corrected chi connectivity index (χ3v) is 3.29. The van der Waals surface area contributed by atoms with Gasteiger partial charge in [0.25, 0.3) is 0 Å². The van der Waals surface area contributed by atoms with E-state index < -0.39 is 0 Å². The van der Waals surface area contributed by atoms with Crippen LogP contribution in [0, 0.1) is 5.82 Å². The fraction of sp³-hybridized carbons (Fsp3) is 0.222. The number of halogens is 3. The molecule has 0 saturated heterocycles. The Morgan fingerprint density at radius 3 is 2.85 bits per heavy atom. The van der Waals surface area contributed by atoms with Gasteiger partial charge in [-0.25, -0.2) is 4.39 Å². The van der Waals surface area contributed by atoms with Gasteiger partial charge in [-0.05, 0) is 18.6 Å². The molecule has 1 aromatic rings. The summed E-state index contributed by atoms with van der Waals surface area (Å²) in [7, 11) is 0. The molecule has 2 rings (SSSR count). The van der Waals surface area contributed by atoms with Gasteiger partial charge in [0.05, 0.1) is 4.83 Å². The van der Waals surface area contributed by atoms with Crippen LogP contribution in [0.2, 0.25) is 0 Å². The Balaban J connectivity index is 2.64. The third kappa shape index (κ3) is 1.46. The first kappa shape index (κ1) is 9.34. The van der Waals surface area contributed by atoms with Gasteiger partial charge in [0.1, 0.15) is 5.82 Å². The lowest BCUT2D eigenvalue weighted by Crippen LogP contribution is -2.05. The molecule has 1 aliphatic rings. The molecule has 0 spiro atoms. The van der Waals surface area contributed by atoms with Crippen molar-refractivity contribution in [1.82, 2.24) is 0 Å². The number of fused-ring (bicyclic) bond motifs is 1. The minimum absolute atomic E-state index is 0.0322. The molecule has 1 aromatic carbocycles. The molecule has 0 fully saturated rings. The lowest BCUT2D eigenvalue weighted by molar-refractivity contribution is 0.100. The van der Waals surface area contributed by atoms with E-state index in [1.165, 1.54) is 6.07 Å². The Morgan fingerprint density at radius 2 is 2.15 bits per heavy atom. The number of benzene rings is 1. The zero-order chi connectivity index (χ0) is 9.59. The molecule has 0 aliphatic heterocycles. The minimum Gasteiger partial charge on any atom is -0.293 e. The van der Waals surface area contributed by atoms with Gasteiger partial charge in [-0.15, -0.1) is 0 Å². The Bertz CT molecular complexity index is 389. The summed E-state index contributed by atoms with van der Waals surface area (Å²) in [5.41, 5.74) is 1.02. The molecular weight excluding hydrogens is 303 g/mol. The van der Waals surface area contributed by atoms with Crippen LogP contribution in [-0.4, -0.2) is 10.6 Å². The van der Waals surface area contributed by atoms with Crippen molar-refractivity contribution in [2.24, 2.45) is 0 Å². The topological polar surface area (TPSA) is 17.1 Å². The largest absolute Gasteiger partial charge is 0.293 e. The molecule has 4 heteroatoms. The fourth-order valence-electron chi connectivity index (χ4n) is 1.47. The number of carbonyl (C=O) groups excluding carboxylic acids is 1. The maximum Gasteiger partial charge on any atom is 0.177 e. The van der Waals surface area contributed by atoms with Crippen LogP contribution < -0.4 is 0 Å². The van der Waals surface area contributed by atoms with E-state index in [0.29, 0.717) is 22.0 Å². The molecular formula is C9H5Br2FO. The maximum atomic E-state index is 13.3. The Labute approximate surface area is 91.6 Å². The number of hydrogen-bond acceptors (Lipinski definition) is 1. The third-order valence-electron chi connectivity index (χ3n) is 2.09. The quantitative estimate of drug-likeness (QED) is 0.673. The first-order valence-electron chi connectivity index (χ1n) is 3.76. The van der Waals surface area contributed by atoms with Crippen LogP contribution in [0.3, 0.4) is 0 Å². The highest BCUT2D eigenvalue weighted by Gasteiger charge is 2.30. The molecule has 0 aromatic heterocycles. The van der Waals surface area contributed by atoms with E-state index in [4.69, 9.17) is 0 Å². The van der Waals surface area contributed by atoms with Gasteiger partial charge in [0, 0.05) is 15.6 Å². The van der Waals surface area contributed by atoms with Gasteiger partial charge in [-0.1, -0.05) is 31.9 Å². The standard InChI is InChI=1S/C9H5Br2FO/c10-4-1-6-5(8(12)2-4)3-7(11)9(6)13/h1-2,7H,3H2/t7-/m1/s1. The molecule has 0 bridgehead atoms. The van der Waals surface area contributed by atoms with Crippen LogP contribution in [0.25, 0.3) is 0 Å². The monoisotopic (exact) mass is 306 g/mol. The van der Waals surface area contributed by atoms with E-state index in [9.17, 15) is 9.18 Å². The number of ketones is 1. The molecule has 68 valence electrons. The van der Waals surface area contributed by atoms with Crippen molar-refractivity contribution in [2.45, 2.75) is 11.2 Å². The zero-order valence-corrected chi connectivity index (χ0v) is 9.65. The highest BCUT2D eigenvalue weighted by Crippen LogP contribution is 2.31. The molecule has 0 N–H and O–H groups in total. The summed E-state index contributed by atoms with van der Waals surface area (Å²) in [5, 5.41) is 0. The molecule has 1 nitrogen and oxygen atoms in total. The van der Waals surface area contributed by atoms with Crippen LogP contribution in [0.15, 0.2) is 16.6 Å². The summed E-state index contributed by atoms with van der Waals surface area (Å²) in [6.45, 7) is 0. The van der Waals surface area contributed by atoms with Crippen molar-refractivity contribution in [3.05, 3.63) is 33.5 Å². The average Bonchev–Trinajstić information content (AvgIpc) is 2.32.